The molecular formula is C12H14N2O4. The summed E-state index contributed by atoms with van der Waals surface area (Å²) in [4.78, 5) is 21.2. The minimum absolute atomic E-state index is 0.0194. The predicted octanol–water partition coefficient (Wildman–Crippen LogP) is 1.67. The van der Waals surface area contributed by atoms with Gasteiger partial charge in [0, 0.05) is 18.7 Å². The lowest BCUT2D eigenvalue weighted by Gasteiger charge is -2.06. The topological polar surface area (TPSA) is 81.5 Å². The number of benzene rings is 1. The molecule has 0 aliphatic rings. The van der Waals surface area contributed by atoms with Crippen LogP contribution < -0.4 is 10.1 Å². The molecule has 0 radical (unpaired) electrons. The normalized spacial score (nSPS) is 9.61. The van der Waals surface area contributed by atoms with Crippen molar-refractivity contribution in [2.75, 3.05) is 13.2 Å². The van der Waals surface area contributed by atoms with E-state index in [-0.39, 0.29) is 18.2 Å². The van der Waals surface area contributed by atoms with Crippen molar-refractivity contribution in [2.45, 2.75) is 6.92 Å². The molecule has 96 valence electrons. The van der Waals surface area contributed by atoms with Crippen LogP contribution in [0.15, 0.2) is 36.4 Å². The van der Waals surface area contributed by atoms with Gasteiger partial charge < -0.3 is 10.1 Å². The van der Waals surface area contributed by atoms with E-state index < -0.39 is 4.92 Å². The van der Waals surface area contributed by atoms with Crippen LogP contribution in [0, 0.1) is 10.1 Å². The first-order valence-corrected chi connectivity index (χ1v) is 5.27. The van der Waals surface area contributed by atoms with Crippen molar-refractivity contribution in [2.24, 2.45) is 0 Å². The van der Waals surface area contributed by atoms with Gasteiger partial charge in [-0.1, -0.05) is 12.2 Å². The Morgan fingerprint density at radius 2 is 2.06 bits per heavy atom. The Kier molecular flexibility index (Phi) is 4.86. The van der Waals surface area contributed by atoms with Crippen LogP contribution in [0.3, 0.4) is 0 Å². The largest absolute Gasteiger partial charge is 0.484 e. The molecular weight excluding hydrogens is 236 g/mol. The highest BCUT2D eigenvalue weighted by Gasteiger charge is 2.06. The molecule has 6 heteroatoms. The second-order valence-corrected chi connectivity index (χ2v) is 3.77. The molecule has 0 heterocycles. The molecule has 1 rings (SSSR count). The number of amides is 1. The summed E-state index contributed by atoms with van der Waals surface area (Å²) in [6, 6.07) is 5.54. The summed E-state index contributed by atoms with van der Waals surface area (Å²) in [5.41, 5.74) is 0.827. The van der Waals surface area contributed by atoms with Crippen molar-refractivity contribution < 1.29 is 14.5 Å². The third-order valence-corrected chi connectivity index (χ3v) is 2.00. The van der Waals surface area contributed by atoms with Gasteiger partial charge in [0.1, 0.15) is 5.75 Å². The fraction of sp³-hybridized carbons (Fsp3) is 0.250. The number of carbonyl (C=O) groups is 1. The summed E-state index contributed by atoms with van der Waals surface area (Å²) < 4.78 is 5.17. The van der Waals surface area contributed by atoms with E-state index in [9.17, 15) is 14.9 Å². The van der Waals surface area contributed by atoms with Gasteiger partial charge in [0.05, 0.1) is 4.92 Å². The molecule has 0 saturated carbocycles. The van der Waals surface area contributed by atoms with Gasteiger partial charge in [-0.2, -0.15) is 0 Å². The van der Waals surface area contributed by atoms with E-state index in [0.29, 0.717) is 12.3 Å². The molecule has 0 atom stereocenters. The standard InChI is InChI=1S/C12H14N2O4/c1-9(2)7-13-12(15)8-18-11-5-3-10(4-6-11)14(16)17/h3-6H,1,7-8H2,2H3,(H,13,15). The number of rotatable bonds is 6. The molecule has 0 aromatic heterocycles. The van der Waals surface area contributed by atoms with Crippen LogP contribution >= 0.6 is 0 Å². The molecule has 0 aliphatic carbocycles. The summed E-state index contributed by atoms with van der Waals surface area (Å²) in [6.07, 6.45) is 0. The van der Waals surface area contributed by atoms with Crippen molar-refractivity contribution in [1.29, 1.82) is 0 Å². The van der Waals surface area contributed by atoms with Crippen LogP contribution in [0.5, 0.6) is 5.75 Å². The lowest BCUT2D eigenvalue weighted by atomic mass is 10.3. The van der Waals surface area contributed by atoms with Gasteiger partial charge >= 0.3 is 0 Å². The zero-order valence-electron chi connectivity index (χ0n) is 10.0. The summed E-state index contributed by atoms with van der Waals surface area (Å²) in [5.74, 6) is 0.141. The second-order valence-electron chi connectivity index (χ2n) is 3.77. The molecule has 18 heavy (non-hydrogen) atoms. The molecule has 1 amide bonds. The van der Waals surface area contributed by atoms with Gasteiger partial charge in [-0.25, -0.2) is 0 Å². The van der Waals surface area contributed by atoms with E-state index in [1.165, 1.54) is 24.3 Å². The molecule has 1 aromatic rings. The molecule has 0 bridgehead atoms. The smallest absolute Gasteiger partial charge is 0.269 e. The van der Waals surface area contributed by atoms with Gasteiger partial charge in [-0.3, -0.25) is 14.9 Å². The Morgan fingerprint density at radius 3 is 2.56 bits per heavy atom. The fourth-order valence-corrected chi connectivity index (χ4v) is 1.11. The minimum atomic E-state index is -0.497. The van der Waals surface area contributed by atoms with Crippen molar-refractivity contribution in [1.82, 2.24) is 5.32 Å². The zero-order chi connectivity index (χ0) is 13.5. The number of nitro benzene ring substituents is 1. The maximum absolute atomic E-state index is 11.3. The third kappa shape index (κ3) is 4.65. The maximum atomic E-state index is 11.3. The number of non-ortho nitro benzene ring substituents is 1. The second kappa shape index (κ2) is 6.39. The number of hydrogen-bond acceptors (Lipinski definition) is 4. The number of carbonyl (C=O) groups excluding carboxylic acids is 1. The Balaban J connectivity index is 2.41. The third-order valence-electron chi connectivity index (χ3n) is 2.00. The molecule has 1 N–H and O–H groups in total. The number of hydrogen-bond donors (Lipinski definition) is 1. The van der Waals surface area contributed by atoms with Crippen LogP contribution in [-0.2, 0) is 4.79 Å². The van der Waals surface area contributed by atoms with Crippen LogP contribution in [0.25, 0.3) is 0 Å². The Labute approximate surface area is 104 Å². The van der Waals surface area contributed by atoms with E-state index in [1.807, 2.05) is 0 Å². The number of nitrogens with one attached hydrogen (secondary N) is 1. The predicted molar refractivity (Wildman–Crippen MR) is 66.4 cm³/mol. The highest BCUT2D eigenvalue weighted by Crippen LogP contribution is 2.16. The Hall–Kier alpha value is -2.37. The van der Waals surface area contributed by atoms with Gasteiger partial charge in [-0.15, -0.1) is 0 Å². The minimum Gasteiger partial charge on any atom is -0.484 e. The SMILES string of the molecule is C=C(C)CNC(=O)COc1ccc([N+](=O)[O-])cc1. The first kappa shape index (κ1) is 13.7. The van der Waals surface area contributed by atoms with E-state index in [0.717, 1.165) is 5.57 Å². The van der Waals surface area contributed by atoms with Gasteiger partial charge in [-0.05, 0) is 19.1 Å². The summed E-state index contributed by atoms with van der Waals surface area (Å²) >= 11 is 0. The van der Waals surface area contributed by atoms with Crippen LogP contribution in [-0.4, -0.2) is 24.0 Å². The van der Waals surface area contributed by atoms with Crippen molar-refractivity contribution in [3.8, 4) is 5.75 Å². The lowest BCUT2D eigenvalue weighted by Crippen LogP contribution is -2.29. The maximum Gasteiger partial charge on any atom is 0.269 e. The van der Waals surface area contributed by atoms with E-state index in [4.69, 9.17) is 4.74 Å². The highest BCUT2D eigenvalue weighted by molar-refractivity contribution is 5.77. The lowest BCUT2D eigenvalue weighted by molar-refractivity contribution is -0.384. The quantitative estimate of drug-likeness (QED) is 0.473. The Bertz CT molecular complexity index is 454. The summed E-state index contributed by atoms with van der Waals surface area (Å²) in [5, 5.41) is 13.0. The molecule has 6 nitrogen and oxygen atoms in total. The average Bonchev–Trinajstić information content (AvgIpc) is 2.34. The molecule has 0 unspecified atom stereocenters. The number of nitro groups is 1. The van der Waals surface area contributed by atoms with Gasteiger partial charge in [0.2, 0.25) is 0 Å². The van der Waals surface area contributed by atoms with Crippen LogP contribution in [0.2, 0.25) is 0 Å². The van der Waals surface area contributed by atoms with Crippen LogP contribution in [0.4, 0.5) is 5.69 Å². The fourth-order valence-electron chi connectivity index (χ4n) is 1.11. The number of nitrogens with zero attached hydrogens (tertiary/aromatic N) is 1. The molecule has 0 spiro atoms. The highest BCUT2D eigenvalue weighted by atomic mass is 16.6. The average molecular weight is 250 g/mol. The molecule has 1 aromatic carbocycles. The van der Waals surface area contributed by atoms with E-state index in [1.54, 1.807) is 6.92 Å². The molecule has 0 saturated heterocycles. The Morgan fingerprint density at radius 1 is 1.44 bits per heavy atom. The van der Waals surface area contributed by atoms with Crippen molar-refractivity contribution >= 4 is 11.6 Å². The summed E-state index contributed by atoms with van der Waals surface area (Å²) in [6.45, 7) is 5.73. The first-order valence-electron chi connectivity index (χ1n) is 5.27. The summed E-state index contributed by atoms with van der Waals surface area (Å²) in [7, 11) is 0. The van der Waals surface area contributed by atoms with Crippen molar-refractivity contribution in [3.63, 3.8) is 0 Å². The number of ether oxygens (including phenoxy) is 1. The van der Waals surface area contributed by atoms with Crippen molar-refractivity contribution in [3.05, 3.63) is 46.5 Å². The van der Waals surface area contributed by atoms with Gasteiger partial charge in [0.25, 0.3) is 11.6 Å². The monoisotopic (exact) mass is 250 g/mol. The van der Waals surface area contributed by atoms with Crippen LogP contribution in [0.1, 0.15) is 6.92 Å². The first-order chi connectivity index (χ1) is 8.49. The zero-order valence-corrected chi connectivity index (χ0v) is 10.0. The van der Waals surface area contributed by atoms with Gasteiger partial charge in [0.15, 0.2) is 6.61 Å². The van der Waals surface area contributed by atoms with E-state index in [2.05, 4.69) is 11.9 Å². The molecule has 0 aliphatic heterocycles. The van der Waals surface area contributed by atoms with E-state index >= 15 is 0 Å². The molecule has 0 fully saturated rings.